The molecule has 0 unspecified atom stereocenters. The largest absolute Gasteiger partial charge is 0.315 e. The highest BCUT2D eigenvalue weighted by Crippen LogP contribution is 2.29. The highest BCUT2D eigenvalue weighted by molar-refractivity contribution is 7.15. The molecule has 29 heavy (non-hydrogen) atoms. The molecule has 0 saturated carbocycles. The number of hydrogen-bond acceptors (Lipinski definition) is 7. The lowest BCUT2D eigenvalue weighted by molar-refractivity contribution is 0.100. The number of fused-ring (bicyclic) bond motifs is 1. The Labute approximate surface area is 171 Å². The lowest BCUT2D eigenvalue weighted by Crippen LogP contribution is -1.96. The van der Waals surface area contributed by atoms with Crippen molar-refractivity contribution in [1.82, 2.24) is 20.2 Å². The fourth-order valence-electron chi connectivity index (χ4n) is 2.84. The molecule has 7 nitrogen and oxygen atoms in total. The summed E-state index contributed by atoms with van der Waals surface area (Å²) in [4.78, 5) is 24.3. The zero-order valence-corrected chi connectivity index (χ0v) is 16.8. The number of nitrogens with zero attached hydrogens (tertiary/aromatic N) is 5. The van der Waals surface area contributed by atoms with Gasteiger partial charge in [-0.15, -0.1) is 10.2 Å². The van der Waals surface area contributed by atoms with Crippen LogP contribution in [0.3, 0.4) is 0 Å². The summed E-state index contributed by atoms with van der Waals surface area (Å²) in [5.41, 5.74) is 3.88. The molecular weight excluding hydrogens is 384 g/mol. The Balaban J connectivity index is 1.70. The van der Waals surface area contributed by atoms with Crippen molar-refractivity contribution >= 4 is 45.9 Å². The molecule has 3 aromatic heterocycles. The number of aliphatic imine (C=N–C) groups is 1. The van der Waals surface area contributed by atoms with Crippen LogP contribution in [0.5, 0.6) is 0 Å². The minimum absolute atomic E-state index is 0.328. The van der Waals surface area contributed by atoms with Crippen LogP contribution >= 0.6 is 11.3 Å². The topological polar surface area (TPSA) is 93.0 Å². The maximum atomic E-state index is 11.7. The second-order valence-corrected chi connectivity index (χ2v) is 7.70. The smallest absolute Gasteiger partial charge is 0.276 e. The van der Waals surface area contributed by atoms with E-state index >= 15 is 0 Å². The summed E-state index contributed by atoms with van der Waals surface area (Å²) in [6.07, 6.45) is 1.75. The van der Waals surface area contributed by atoms with E-state index in [1.165, 1.54) is 11.3 Å². The normalized spacial score (nSPS) is 11.0. The Morgan fingerprint density at radius 2 is 1.90 bits per heavy atom. The molecule has 0 aliphatic heterocycles. The Morgan fingerprint density at radius 3 is 2.59 bits per heavy atom. The lowest BCUT2D eigenvalue weighted by atomic mass is 10.0. The predicted octanol–water partition coefficient (Wildman–Crippen LogP) is 4.86. The summed E-state index contributed by atoms with van der Waals surface area (Å²) in [6.45, 7) is 7.45. The van der Waals surface area contributed by atoms with Crippen molar-refractivity contribution < 1.29 is 4.79 Å². The van der Waals surface area contributed by atoms with Crippen molar-refractivity contribution in [2.24, 2.45) is 4.99 Å². The Morgan fingerprint density at radius 1 is 1.10 bits per heavy atom. The summed E-state index contributed by atoms with van der Waals surface area (Å²) in [5.74, 6) is 0.647. The van der Waals surface area contributed by atoms with Crippen LogP contribution in [0.15, 0.2) is 53.7 Å². The number of rotatable bonds is 5. The van der Waals surface area contributed by atoms with E-state index in [2.05, 4.69) is 46.1 Å². The molecular formula is C21H18N6OS. The number of amides is 1. The highest BCUT2D eigenvalue weighted by Gasteiger charge is 2.11. The number of nitrogens with one attached hydrogen (secondary N) is 1. The molecule has 0 radical (unpaired) electrons. The standard InChI is InChI=1S/C21H18N6OS/c1-12(2)20-26-27-21(29-20)25-17-9-8-16-18(24-17)15(10-11-23-16)13-4-6-14(7-5-13)19(28)22-3/h4-12H,3H2,1-2H3,(H,24,25,27). The van der Waals surface area contributed by atoms with Gasteiger partial charge in [-0.05, 0) is 42.6 Å². The number of carbonyl (C=O) groups excluding carboxylic acids is 1. The molecule has 4 rings (SSSR count). The molecule has 0 fully saturated rings. The van der Waals surface area contributed by atoms with Crippen LogP contribution in [-0.4, -0.2) is 32.8 Å². The van der Waals surface area contributed by atoms with Gasteiger partial charge >= 0.3 is 0 Å². The van der Waals surface area contributed by atoms with Crippen LogP contribution in [0.2, 0.25) is 0 Å². The molecule has 0 saturated heterocycles. The highest BCUT2D eigenvalue weighted by atomic mass is 32.1. The zero-order valence-electron chi connectivity index (χ0n) is 16.0. The van der Waals surface area contributed by atoms with Crippen molar-refractivity contribution in [3.05, 3.63) is 59.2 Å². The first-order chi connectivity index (χ1) is 14.0. The summed E-state index contributed by atoms with van der Waals surface area (Å²) in [7, 11) is 0. The van der Waals surface area contributed by atoms with Crippen LogP contribution in [0.1, 0.15) is 35.1 Å². The van der Waals surface area contributed by atoms with Gasteiger partial charge < -0.3 is 5.32 Å². The minimum atomic E-state index is -0.349. The Kier molecular flexibility index (Phi) is 5.09. The van der Waals surface area contributed by atoms with E-state index in [1.807, 2.05) is 30.3 Å². The first-order valence-electron chi connectivity index (χ1n) is 9.03. The second-order valence-electron chi connectivity index (χ2n) is 6.69. The van der Waals surface area contributed by atoms with Gasteiger partial charge in [-0.2, -0.15) is 0 Å². The SMILES string of the molecule is C=NC(=O)c1ccc(-c2ccnc3ccc(Nc4nnc(C(C)C)s4)nc23)cc1. The Hall–Kier alpha value is -3.52. The Bertz CT molecular complexity index is 1200. The van der Waals surface area contributed by atoms with E-state index in [4.69, 9.17) is 4.98 Å². The molecule has 0 aliphatic rings. The zero-order chi connectivity index (χ0) is 20.4. The molecule has 8 heteroatoms. The van der Waals surface area contributed by atoms with Crippen LogP contribution < -0.4 is 5.32 Å². The fraction of sp³-hybridized carbons (Fsp3) is 0.143. The van der Waals surface area contributed by atoms with Crippen molar-refractivity contribution in [1.29, 1.82) is 0 Å². The van der Waals surface area contributed by atoms with Gasteiger partial charge in [0, 0.05) is 23.2 Å². The van der Waals surface area contributed by atoms with Gasteiger partial charge in [0.05, 0.1) is 11.0 Å². The van der Waals surface area contributed by atoms with Gasteiger partial charge in [0.15, 0.2) is 0 Å². The number of benzene rings is 1. The van der Waals surface area contributed by atoms with E-state index in [0.29, 0.717) is 22.4 Å². The number of hydrogen-bond donors (Lipinski definition) is 1. The van der Waals surface area contributed by atoms with Crippen molar-refractivity contribution in [2.45, 2.75) is 19.8 Å². The third-order valence-corrected chi connectivity index (χ3v) is 5.48. The average molecular weight is 402 g/mol. The van der Waals surface area contributed by atoms with E-state index in [9.17, 15) is 4.79 Å². The van der Waals surface area contributed by atoms with E-state index in [0.717, 1.165) is 27.2 Å². The molecule has 4 aromatic rings. The maximum absolute atomic E-state index is 11.7. The van der Waals surface area contributed by atoms with Gasteiger partial charge in [-0.1, -0.05) is 37.3 Å². The van der Waals surface area contributed by atoms with Gasteiger partial charge in [0.1, 0.15) is 10.8 Å². The molecule has 0 bridgehead atoms. The average Bonchev–Trinajstić information content (AvgIpc) is 3.22. The predicted molar refractivity (Wildman–Crippen MR) is 116 cm³/mol. The molecule has 1 N–H and O–H groups in total. The van der Waals surface area contributed by atoms with Crippen LogP contribution in [0.25, 0.3) is 22.2 Å². The van der Waals surface area contributed by atoms with E-state index < -0.39 is 0 Å². The van der Waals surface area contributed by atoms with E-state index in [-0.39, 0.29) is 5.91 Å². The number of aromatic nitrogens is 4. The quantitative estimate of drug-likeness (QED) is 0.479. The van der Waals surface area contributed by atoms with Crippen LogP contribution in [0.4, 0.5) is 10.9 Å². The van der Waals surface area contributed by atoms with Crippen molar-refractivity contribution in [2.75, 3.05) is 5.32 Å². The van der Waals surface area contributed by atoms with Gasteiger partial charge in [0.2, 0.25) is 5.13 Å². The minimum Gasteiger partial charge on any atom is -0.315 e. The maximum Gasteiger partial charge on any atom is 0.276 e. The second kappa shape index (κ2) is 7.84. The number of carbonyl (C=O) groups is 1. The summed E-state index contributed by atoms with van der Waals surface area (Å²) >= 11 is 1.51. The molecule has 0 spiro atoms. The third-order valence-electron chi connectivity index (χ3n) is 4.34. The molecule has 0 aliphatic carbocycles. The van der Waals surface area contributed by atoms with Gasteiger partial charge in [-0.3, -0.25) is 9.78 Å². The van der Waals surface area contributed by atoms with Crippen LogP contribution in [-0.2, 0) is 0 Å². The van der Waals surface area contributed by atoms with Gasteiger partial charge in [-0.25, -0.2) is 9.98 Å². The third kappa shape index (κ3) is 3.88. The fourth-order valence-corrected chi connectivity index (χ4v) is 3.59. The van der Waals surface area contributed by atoms with Gasteiger partial charge in [0.25, 0.3) is 5.91 Å². The summed E-state index contributed by atoms with van der Waals surface area (Å²) in [6, 6.07) is 12.9. The summed E-state index contributed by atoms with van der Waals surface area (Å²) in [5, 5.41) is 13.3. The molecule has 3 heterocycles. The van der Waals surface area contributed by atoms with Crippen molar-refractivity contribution in [3.8, 4) is 11.1 Å². The molecule has 1 aromatic carbocycles. The van der Waals surface area contributed by atoms with Crippen LogP contribution in [0, 0.1) is 0 Å². The van der Waals surface area contributed by atoms with Crippen molar-refractivity contribution in [3.63, 3.8) is 0 Å². The summed E-state index contributed by atoms with van der Waals surface area (Å²) < 4.78 is 0. The molecule has 0 atom stereocenters. The molecule has 1 amide bonds. The first kappa shape index (κ1) is 18.8. The first-order valence-corrected chi connectivity index (χ1v) is 9.84. The number of pyridine rings is 2. The molecule has 144 valence electrons. The number of anilines is 2. The monoisotopic (exact) mass is 402 g/mol. The van der Waals surface area contributed by atoms with E-state index in [1.54, 1.807) is 18.3 Å². The lowest BCUT2D eigenvalue weighted by Gasteiger charge is -2.08.